The zero-order chi connectivity index (χ0) is 20.1. The number of carbonyl (C=O) groups is 1. The first-order chi connectivity index (χ1) is 13.2. The van der Waals surface area contributed by atoms with Crippen LogP contribution < -0.4 is 5.43 Å². The van der Waals surface area contributed by atoms with E-state index in [1.165, 1.54) is 12.3 Å². The Morgan fingerprint density at radius 2 is 1.68 bits per heavy atom. The van der Waals surface area contributed by atoms with Crippen LogP contribution in [0.3, 0.4) is 0 Å². The Bertz CT molecular complexity index is 798. The summed E-state index contributed by atoms with van der Waals surface area (Å²) in [4.78, 5) is 12.7. The molecule has 3 fully saturated rings. The van der Waals surface area contributed by atoms with E-state index in [0.717, 1.165) is 0 Å². The molecule has 0 aliphatic carbocycles. The van der Waals surface area contributed by atoms with E-state index in [1.54, 1.807) is 45.9 Å². The number of ether oxygens (including phenoxy) is 5. The maximum absolute atomic E-state index is 13.7. The van der Waals surface area contributed by atoms with Crippen molar-refractivity contribution in [2.45, 2.75) is 70.0 Å². The van der Waals surface area contributed by atoms with Crippen LogP contribution in [-0.2, 0) is 28.5 Å². The summed E-state index contributed by atoms with van der Waals surface area (Å²) in [6.07, 6.45) is -2.33. The topological polar surface area (TPSA) is 87.6 Å². The van der Waals surface area contributed by atoms with Gasteiger partial charge in [0, 0.05) is 5.56 Å². The van der Waals surface area contributed by atoms with E-state index in [9.17, 15) is 9.18 Å². The van der Waals surface area contributed by atoms with Crippen molar-refractivity contribution >= 4 is 12.1 Å². The Hall–Kier alpha value is -1.91. The predicted octanol–water partition coefficient (Wildman–Crippen LogP) is 1.67. The molecule has 0 saturated carbocycles. The van der Waals surface area contributed by atoms with Gasteiger partial charge >= 0.3 is 0 Å². The highest BCUT2D eigenvalue weighted by Crippen LogP contribution is 2.44. The van der Waals surface area contributed by atoms with Crippen LogP contribution in [0.1, 0.15) is 33.3 Å². The Balaban J connectivity index is 1.50. The maximum atomic E-state index is 13.7. The summed E-state index contributed by atoms with van der Waals surface area (Å²) in [5.74, 6) is -2.76. The van der Waals surface area contributed by atoms with Crippen molar-refractivity contribution in [1.82, 2.24) is 5.43 Å². The molecule has 0 unspecified atom stereocenters. The molecule has 4 rings (SSSR count). The van der Waals surface area contributed by atoms with Crippen LogP contribution in [0.2, 0.25) is 0 Å². The summed E-state index contributed by atoms with van der Waals surface area (Å²) in [5, 5.41) is 3.83. The summed E-state index contributed by atoms with van der Waals surface area (Å²) >= 11 is 0. The number of amides is 1. The molecule has 1 amide bonds. The molecule has 28 heavy (non-hydrogen) atoms. The number of nitrogens with one attached hydrogen (secondary N) is 1. The second kappa shape index (κ2) is 6.85. The van der Waals surface area contributed by atoms with Gasteiger partial charge in [-0.05, 0) is 33.8 Å². The summed E-state index contributed by atoms with van der Waals surface area (Å²) in [6.45, 7) is 7.04. The van der Waals surface area contributed by atoms with Crippen LogP contribution in [0, 0.1) is 5.82 Å². The minimum atomic E-state index is -1.02. The van der Waals surface area contributed by atoms with Gasteiger partial charge in [-0.2, -0.15) is 5.10 Å². The zero-order valence-electron chi connectivity index (χ0n) is 16.0. The van der Waals surface area contributed by atoms with Crippen molar-refractivity contribution in [3.8, 4) is 0 Å². The van der Waals surface area contributed by atoms with Crippen molar-refractivity contribution in [3.63, 3.8) is 0 Å². The van der Waals surface area contributed by atoms with Crippen LogP contribution in [0.4, 0.5) is 4.39 Å². The molecule has 152 valence electrons. The Morgan fingerprint density at radius 1 is 1.04 bits per heavy atom. The van der Waals surface area contributed by atoms with E-state index in [-0.39, 0.29) is 5.56 Å². The highest BCUT2D eigenvalue weighted by Gasteiger charge is 2.62. The van der Waals surface area contributed by atoms with E-state index in [4.69, 9.17) is 23.7 Å². The van der Waals surface area contributed by atoms with Crippen LogP contribution >= 0.6 is 0 Å². The third-order valence-electron chi connectivity index (χ3n) is 4.70. The Labute approximate surface area is 161 Å². The van der Waals surface area contributed by atoms with Crippen molar-refractivity contribution in [2.24, 2.45) is 5.10 Å². The van der Waals surface area contributed by atoms with Gasteiger partial charge in [0.15, 0.2) is 24.0 Å². The van der Waals surface area contributed by atoms with E-state index < -0.39 is 54.0 Å². The molecule has 0 radical (unpaired) electrons. The molecule has 9 heteroatoms. The lowest BCUT2D eigenvalue weighted by Crippen LogP contribution is -2.59. The lowest BCUT2D eigenvalue weighted by Gasteiger charge is -2.36. The van der Waals surface area contributed by atoms with Crippen molar-refractivity contribution in [1.29, 1.82) is 0 Å². The number of nitrogens with zero attached hydrogens (tertiary/aromatic N) is 1. The first-order valence-electron chi connectivity index (χ1n) is 9.09. The van der Waals surface area contributed by atoms with E-state index in [1.807, 2.05) is 0 Å². The number of fused-ring (bicyclic) bond motifs is 3. The molecule has 3 heterocycles. The van der Waals surface area contributed by atoms with Crippen LogP contribution in [0.5, 0.6) is 0 Å². The molecule has 3 saturated heterocycles. The summed E-state index contributed by atoms with van der Waals surface area (Å²) in [7, 11) is 0. The average Bonchev–Trinajstić information content (AvgIpc) is 3.09. The molecular formula is C19H23FN2O6. The summed E-state index contributed by atoms with van der Waals surface area (Å²) in [6, 6.07) is 6.10. The van der Waals surface area contributed by atoms with Gasteiger partial charge < -0.3 is 23.7 Å². The number of carbonyl (C=O) groups excluding carboxylic acids is 1. The van der Waals surface area contributed by atoms with Gasteiger partial charge in [-0.25, -0.2) is 9.82 Å². The highest BCUT2D eigenvalue weighted by atomic mass is 19.1. The molecule has 3 aliphatic rings. The third kappa shape index (κ3) is 3.68. The van der Waals surface area contributed by atoms with E-state index in [0.29, 0.717) is 0 Å². The SMILES string of the molecule is CC1(C)O[C@@H]2O[C@@H](C(=O)N/N=C\c3ccccc3F)[C@H]3OC(C)(C)O[C@@H]3[C@H]2O1. The van der Waals surface area contributed by atoms with Gasteiger partial charge in [-0.15, -0.1) is 0 Å². The van der Waals surface area contributed by atoms with Gasteiger partial charge in [0.25, 0.3) is 5.91 Å². The number of hydrogen-bond donors (Lipinski definition) is 1. The van der Waals surface area contributed by atoms with Gasteiger partial charge in [0.1, 0.15) is 24.1 Å². The number of hydrazone groups is 1. The smallest absolute Gasteiger partial charge is 0.272 e. The van der Waals surface area contributed by atoms with Crippen molar-refractivity contribution in [2.75, 3.05) is 0 Å². The molecule has 1 aromatic carbocycles. The van der Waals surface area contributed by atoms with Gasteiger partial charge in [-0.3, -0.25) is 4.79 Å². The Kier molecular flexibility index (Phi) is 4.75. The molecular weight excluding hydrogens is 371 g/mol. The highest BCUT2D eigenvalue weighted by molar-refractivity contribution is 5.85. The second-order valence-corrected chi connectivity index (χ2v) is 7.85. The van der Waals surface area contributed by atoms with E-state index >= 15 is 0 Å². The Morgan fingerprint density at radius 3 is 2.43 bits per heavy atom. The predicted molar refractivity (Wildman–Crippen MR) is 94.7 cm³/mol. The van der Waals surface area contributed by atoms with Crippen molar-refractivity contribution in [3.05, 3.63) is 35.6 Å². The lowest BCUT2D eigenvalue weighted by atomic mass is 9.98. The summed E-state index contributed by atoms with van der Waals surface area (Å²) in [5.41, 5.74) is 2.63. The fourth-order valence-corrected chi connectivity index (χ4v) is 3.63. The third-order valence-corrected chi connectivity index (χ3v) is 4.70. The molecule has 1 aromatic rings. The maximum Gasteiger partial charge on any atom is 0.272 e. The molecule has 3 aliphatic heterocycles. The first-order valence-corrected chi connectivity index (χ1v) is 9.09. The minimum Gasteiger partial charge on any atom is -0.342 e. The van der Waals surface area contributed by atoms with Gasteiger partial charge in [-0.1, -0.05) is 18.2 Å². The molecule has 8 nitrogen and oxygen atoms in total. The van der Waals surface area contributed by atoms with E-state index in [2.05, 4.69) is 10.5 Å². The van der Waals surface area contributed by atoms with Gasteiger partial charge in [0.2, 0.25) is 0 Å². The fraction of sp³-hybridized carbons (Fsp3) is 0.579. The number of halogens is 1. The number of hydrogen-bond acceptors (Lipinski definition) is 7. The standard InChI is InChI=1S/C19H23FN2O6/c1-18(2)25-12-13(26-18)15-17(28-19(3,4)27-15)24-14(12)16(23)22-21-9-10-7-5-6-8-11(10)20/h5-9,12-15,17H,1-4H3,(H,22,23)/b21-9-/t12-,13-,14+,15+,17-/m0/s1. The van der Waals surface area contributed by atoms with Crippen LogP contribution in [0.15, 0.2) is 29.4 Å². The van der Waals surface area contributed by atoms with Gasteiger partial charge in [0.05, 0.1) is 6.21 Å². The molecule has 0 spiro atoms. The largest absolute Gasteiger partial charge is 0.342 e. The van der Waals surface area contributed by atoms with Crippen LogP contribution in [-0.4, -0.2) is 54.4 Å². The molecule has 1 N–H and O–H groups in total. The second-order valence-electron chi connectivity index (χ2n) is 7.85. The molecule has 0 bridgehead atoms. The van der Waals surface area contributed by atoms with Crippen molar-refractivity contribution < 1.29 is 32.9 Å². The van der Waals surface area contributed by atoms with Crippen LogP contribution in [0.25, 0.3) is 0 Å². The number of rotatable bonds is 3. The minimum absolute atomic E-state index is 0.251. The summed E-state index contributed by atoms with van der Waals surface area (Å²) < 4.78 is 43.0. The first kappa shape index (κ1) is 19.4. The molecule has 0 aromatic heterocycles. The monoisotopic (exact) mass is 394 g/mol. The zero-order valence-corrected chi connectivity index (χ0v) is 16.0. The quantitative estimate of drug-likeness (QED) is 0.620. The number of benzene rings is 1. The molecule has 5 atom stereocenters. The fourth-order valence-electron chi connectivity index (χ4n) is 3.63. The average molecular weight is 394 g/mol. The lowest BCUT2D eigenvalue weighted by molar-refractivity contribution is -0.231. The normalized spacial score (nSPS) is 35.5.